The van der Waals surface area contributed by atoms with Gasteiger partial charge in [-0.1, -0.05) is 6.92 Å². The molecule has 0 aliphatic rings. The topological polar surface area (TPSA) is 47.3 Å². The highest BCUT2D eigenvalue weighted by atomic mass is 16.5. The Morgan fingerprint density at radius 2 is 2.29 bits per heavy atom. The van der Waals surface area contributed by atoms with Crippen LogP contribution in [0.25, 0.3) is 0 Å². The average Bonchev–Trinajstić information content (AvgIpc) is 2.77. The highest BCUT2D eigenvalue weighted by molar-refractivity contribution is 5.01. The molecule has 0 aliphatic heterocycles. The van der Waals surface area contributed by atoms with E-state index in [0.29, 0.717) is 19.1 Å². The van der Waals surface area contributed by atoms with Crippen molar-refractivity contribution in [3.8, 4) is 0 Å². The SMILES string of the molecule is CCC(C)n1ccc(CC(O)CCCOC)n1. The zero-order chi connectivity index (χ0) is 12.7. The Bertz CT molecular complexity index is 312. The molecule has 1 rings (SSSR count). The van der Waals surface area contributed by atoms with Crippen LogP contribution >= 0.6 is 0 Å². The number of aliphatic hydroxyl groups is 1. The number of aromatic nitrogens is 2. The minimum Gasteiger partial charge on any atom is -0.393 e. The molecule has 17 heavy (non-hydrogen) atoms. The quantitative estimate of drug-likeness (QED) is 0.708. The van der Waals surface area contributed by atoms with Gasteiger partial charge in [-0.3, -0.25) is 4.68 Å². The molecule has 0 aromatic carbocycles. The molecule has 4 heteroatoms. The lowest BCUT2D eigenvalue weighted by molar-refractivity contribution is 0.134. The standard InChI is InChI=1S/C13H24N2O2/c1-4-11(2)15-8-7-12(14-15)10-13(16)6-5-9-17-3/h7-8,11,13,16H,4-6,9-10H2,1-3H3. The highest BCUT2D eigenvalue weighted by Gasteiger charge is 2.09. The van der Waals surface area contributed by atoms with Gasteiger partial charge in [0.2, 0.25) is 0 Å². The number of ether oxygens (including phenoxy) is 1. The predicted octanol–water partition coefficient (Wildman–Crippen LogP) is 2.18. The van der Waals surface area contributed by atoms with Crippen molar-refractivity contribution in [2.45, 2.75) is 51.7 Å². The largest absolute Gasteiger partial charge is 0.393 e. The van der Waals surface area contributed by atoms with Crippen LogP contribution in [0, 0.1) is 0 Å². The van der Waals surface area contributed by atoms with Gasteiger partial charge in [-0.25, -0.2) is 0 Å². The molecule has 2 unspecified atom stereocenters. The number of nitrogens with zero attached hydrogens (tertiary/aromatic N) is 2. The van der Waals surface area contributed by atoms with Crippen molar-refractivity contribution < 1.29 is 9.84 Å². The van der Waals surface area contributed by atoms with E-state index in [4.69, 9.17) is 4.74 Å². The minimum atomic E-state index is -0.314. The summed E-state index contributed by atoms with van der Waals surface area (Å²) in [5.74, 6) is 0. The Hall–Kier alpha value is -0.870. The van der Waals surface area contributed by atoms with Gasteiger partial charge in [-0.15, -0.1) is 0 Å². The van der Waals surface area contributed by atoms with Crippen molar-refractivity contribution in [3.63, 3.8) is 0 Å². The monoisotopic (exact) mass is 240 g/mol. The van der Waals surface area contributed by atoms with Gasteiger partial charge >= 0.3 is 0 Å². The van der Waals surface area contributed by atoms with E-state index >= 15 is 0 Å². The summed E-state index contributed by atoms with van der Waals surface area (Å²) in [4.78, 5) is 0. The molecule has 0 radical (unpaired) electrons. The van der Waals surface area contributed by atoms with Crippen LogP contribution in [0.5, 0.6) is 0 Å². The van der Waals surface area contributed by atoms with Gasteiger partial charge in [-0.2, -0.15) is 5.10 Å². The molecule has 1 aromatic heterocycles. The molecular formula is C13H24N2O2. The van der Waals surface area contributed by atoms with Crippen molar-refractivity contribution in [3.05, 3.63) is 18.0 Å². The molecule has 0 bridgehead atoms. The Labute approximate surface area is 104 Å². The molecule has 0 spiro atoms. The third-order valence-corrected chi connectivity index (χ3v) is 3.04. The maximum absolute atomic E-state index is 9.83. The normalized spacial score (nSPS) is 14.8. The molecule has 4 nitrogen and oxygen atoms in total. The van der Waals surface area contributed by atoms with Crippen molar-refractivity contribution >= 4 is 0 Å². The first-order chi connectivity index (χ1) is 8.17. The smallest absolute Gasteiger partial charge is 0.0650 e. The van der Waals surface area contributed by atoms with Crippen LogP contribution in [0.4, 0.5) is 0 Å². The fraction of sp³-hybridized carbons (Fsp3) is 0.769. The summed E-state index contributed by atoms with van der Waals surface area (Å²) < 4.78 is 6.93. The number of hydrogen-bond acceptors (Lipinski definition) is 3. The Morgan fingerprint density at radius 1 is 1.53 bits per heavy atom. The fourth-order valence-corrected chi connectivity index (χ4v) is 1.73. The van der Waals surface area contributed by atoms with Crippen molar-refractivity contribution in [1.82, 2.24) is 9.78 Å². The molecule has 0 saturated carbocycles. The number of aliphatic hydroxyl groups excluding tert-OH is 1. The van der Waals surface area contributed by atoms with Crippen LogP contribution in [0.3, 0.4) is 0 Å². The van der Waals surface area contributed by atoms with Crippen LogP contribution in [0.2, 0.25) is 0 Å². The van der Waals surface area contributed by atoms with Gasteiger partial charge in [0.1, 0.15) is 0 Å². The minimum absolute atomic E-state index is 0.314. The van der Waals surface area contributed by atoms with E-state index in [9.17, 15) is 5.11 Å². The van der Waals surface area contributed by atoms with Crippen LogP contribution in [0.1, 0.15) is 44.8 Å². The first kappa shape index (κ1) is 14.2. The van der Waals surface area contributed by atoms with E-state index in [2.05, 4.69) is 18.9 Å². The lowest BCUT2D eigenvalue weighted by atomic mass is 10.1. The van der Waals surface area contributed by atoms with E-state index in [-0.39, 0.29) is 6.10 Å². The Morgan fingerprint density at radius 3 is 2.94 bits per heavy atom. The average molecular weight is 240 g/mol. The third kappa shape index (κ3) is 4.88. The van der Waals surface area contributed by atoms with Gasteiger partial charge in [0, 0.05) is 32.4 Å². The lowest BCUT2D eigenvalue weighted by Crippen LogP contribution is -2.12. The number of hydrogen-bond donors (Lipinski definition) is 1. The maximum Gasteiger partial charge on any atom is 0.0650 e. The zero-order valence-corrected chi connectivity index (χ0v) is 11.1. The summed E-state index contributed by atoms with van der Waals surface area (Å²) in [6, 6.07) is 2.42. The van der Waals surface area contributed by atoms with E-state index in [1.165, 1.54) is 0 Å². The zero-order valence-electron chi connectivity index (χ0n) is 11.1. The van der Waals surface area contributed by atoms with Crippen molar-refractivity contribution in [2.75, 3.05) is 13.7 Å². The van der Waals surface area contributed by atoms with Gasteiger partial charge in [0.05, 0.1) is 11.8 Å². The van der Waals surface area contributed by atoms with E-state index in [0.717, 1.165) is 25.0 Å². The Kier molecular flexibility index (Phi) is 6.22. The number of rotatable bonds is 8. The summed E-state index contributed by atoms with van der Waals surface area (Å²) in [6.45, 7) is 5.00. The lowest BCUT2D eigenvalue weighted by Gasteiger charge is -2.10. The molecular weight excluding hydrogens is 216 g/mol. The van der Waals surface area contributed by atoms with Gasteiger partial charge in [-0.05, 0) is 32.3 Å². The summed E-state index contributed by atoms with van der Waals surface area (Å²) in [6.07, 6.45) is 5.04. The molecule has 1 N–H and O–H groups in total. The predicted molar refractivity (Wildman–Crippen MR) is 68.0 cm³/mol. The molecule has 0 aliphatic carbocycles. The first-order valence-electron chi connectivity index (χ1n) is 6.38. The second-order valence-electron chi connectivity index (χ2n) is 4.54. The maximum atomic E-state index is 9.83. The van der Waals surface area contributed by atoms with E-state index in [1.54, 1.807) is 7.11 Å². The van der Waals surface area contributed by atoms with E-state index in [1.807, 2.05) is 16.9 Å². The molecule has 1 heterocycles. The molecule has 2 atom stereocenters. The van der Waals surface area contributed by atoms with Crippen LogP contribution in [-0.2, 0) is 11.2 Å². The molecule has 0 amide bonds. The third-order valence-electron chi connectivity index (χ3n) is 3.04. The molecule has 0 fully saturated rings. The Balaban J connectivity index is 2.37. The van der Waals surface area contributed by atoms with Gasteiger partial charge in [0.15, 0.2) is 0 Å². The highest BCUT2D eigenvalue weighted by Crippen LogP contribution is 2.11. The van der Waals surface area contributed by atoms with Crippen LogP contribution in [-0.4, -0.2) is 34.7 Å². The summed E-state index contributed by atoms with van der Waals surface area (Å²) >= 11 is 0. The van der Waals surface area contributed by atoms with Gasteiger partial charge in [0.25, 0.3) is 0 Å². The molecule has 0 saturated heterocycles. The van der Waals surface area contributed by atoms with Gasteiger partial charge < -0.3 is 9.84 Å². The van der Waals surface area contributed by atoms with Crippen molar-refractivity contribution in [2.24, 2.45) is 0 Å². The second-order valence-corrected chi connectivity index (χ2v) is 4.54. The fourth-order valence-electron chi connectivity index (χ4n) is 1.73. The van der Waals surface area contributed by atoms with Crippen molar-refractivity contribution in [1.29, 1.82) is 0 Å². The molecule has 1 aromatic rings. The summed E-state index contributed by atoms with van der Waals surface area (Å²) in [7, 11) is 1.68. The van der Waals surface area contributed by atoms with E-state index < -0.39 is 0 Å². The first-order valence-corrected chi connectivity index (χ1v) is 6.38. The second kappa shape index (κ2) is 7.45. The van der Waals surface area contributed by atoms with Crippen LogP contribution < -0.4 is 0 Å². The van der Waals surface area contributed by atoms with Crippen LogP contribution in [0.15, 0.2) is 12.3 Å². The summed E-state index contributed by atoms with van der Waals surface area (Å²) in [5.41, 5.74) is 0.968. The number of methoxy groups -OCH3 is 1. The summed E-state index contributed by atoms with van der Waals surface area (Å²) in [5, 5.41) is 14.3. The molecule has 98 valence electrons.